The van der Waals surface area contributed by atoms with E-state index >= 15 is 0 Å². The Morgan fingerprint density at radius 1 is 0.933 bits per heavy atom. The maximum atomic E-state index is 5.99. The second kappa shape index (κ2) is 8.16. The van der Waals surface area contributed by atoms with Gasteiger partial charge in [-0.15, -0.1) is 0 Å². The number of nitrogens with zero attached hydrogens (tertiary/aromatic N) is 4. The molecule has 152 valence electrons. The molecule has 0 aliphatic carbocycles. The second-order valence-electron chi connectivity index (χ2n) is 7.62. The molecule has 30 heavy (non-hydrogen) atoms. The van der Waals surface area contributed by atoms with Crippen LogP contribution in [0, 0.1) is 0 Å². The van der Waals surface area contributed by atoms with E-state index in [4.69, 9.17) is 9.26 Å². The first-order valence-corrected chi connectivity index (χ1v) is 10.2. The van der Waals surface area contributed by atoms with Gasteiger partial charge in [-0.1, -0.05) is 53.7 Å². The van der Waals surface area contributed by atoms with Crippen LogP contribution >= 0.6 is 0 Å². The van der Waals surface area contributed by atoms with E-state index in [1.54, 1.807) is 0 Å². The Balaban J connectivity index is 1.34. The number of hydrogen-bond donors (Lipinski definition) is 0. The summed E-state index contributed by atoms with van der Waals surface area (Å²) < 4.78 is 11.3. The Morgan fingerprint density at radius 2 is 1.77 bits per heavy atom. The van der Waals surface area contributed by atoms with Gasteiger partial charge < -0.3 is 19.1 Å². The van der Waals surface area contributed by atoms with E-state index in [2.05, 4.69) is 57.3 Å². The number of ether oxygens (including phenoxy) is 1. The first-order valence-electron chi connectivity index (χ1n) is 10.2. The van der Waals surface area contributed by atoms with Gasteiger partial charge in [0.1, 0.15) is 5.75 Å². The number of aromatic nitrogens is 2. The topological polar surface area (TPSA) is 54.6 Å². The van der Waals surface area contributed by atoms with Crippen molar-refractivity contribution in [3.8, 4) is 17.1 Å². The number of hydrogen-bond acceptors (Lipinski definition) is 6. The summed E-state index contributed by atoms with van der Waals surface area (Å²) in [4.78, 5) is 9.26. The third-order valence-electron chi connectivity index (χ3n) is 5.54. The number of rotatable bonds is 5. The molecule has 0 bridgehead atoms. The number of benzene rings is 3. The average molecular weight is 400 g/mol. The molecule has 4 aromatic rings. The third kappa shape index (κ3) is 3.86. The van der Waals surface area contributed by atoms with Crippen LogP contribution in [0.15, 0.2) is 71.3 Å². The molecule has 6 nitrogen and oxygen atoms in total. The van der Waals surface area contributed by atoms with Gasteiger partial charge in [0, 0.05) is 42.8 Å². The van der Waals surface area contributed by atoms with Gasteiger partial charge in [0.15, 0.2) is 6.61 Å². The number of fused-ring (bicyclic) bond motifs is 1. The number of anilines is 1. The largest absolute Gasteiger partial charge is 0.484 e. The molecule has 1 saturated heterocycles. The third-order valence-corrected chi connectivity index (χ3v) is 5.54. The summed E-state index contributed by atoms with van der Waals surface area (Å²) in [5, 5.41) is 6.47. The van der Waals surface area contributed by atoms with E-state index in [-0.39, 0.29) is 6.61 Å². The number of piperazine rings is 1. The van der Waals surface area contributed by atoms with E-state index < -0.39 is 0 Å². The summed E-state index contributed by atoms with van der Waals surface area (Å²) in [7, 11) is 2.17. The van der Waals surface area contributed by atoms with Gasteiger partial charge in [-0.05, 0) is 30.6 Å². The van der Waals surface area contributed by atoms with Crippen LogP contribution in [-0.4, -0.2) is 48.3 Å². The summed E-state index contributed by atoms with van der Waals surface area (Å²) >= 11 is 0. The fourth-order valence-corrected chi connectivity index (χ4v) is 3.81. The van der Waals surface area contributed by atoms with Gasteiger partial charge in [0.25, 0.3) is 5.89 Å². The first kappa shape index (κ1) is 18.6. The summed E-state index contributed by atoms with van der Waals surface area (Å²) in [5.74, 6) is 1.83. The predicted molar refractivity (Wildman–Crippen MR) is 118 cm³/mol. The quantitative estimate of drug-likeness (QED) is 0.500. The minimum Gasteiger partial charge on any atom is -0.484 e. The Bertz CT molecular complexity index is 1130. The van der Waals surface area contributed by atoms with Gasteiger partial charge >= 0.3 is 0 Å². The minimum absolute atomic E-state index is 0.238. The molecule has 1 aromatic heterocycles. The van der Waals surface area contributed by atoms with Gasteiger partial charge in [0.2, 0.25) is 5.82 Å². The normalized spacial score (nSPS) is 14.9. The second-order valence-corrected chi connectivity index (χ2v) is 7.62. The summed E-state index contributed by atoms with van der Waals surface area (Å²) in [6, 6.07) is 22.4. The molecule has 1 aliphatic heterocycles. The van der Waals surface area contributed by atoms with Crippen LogP contribution in [0.2, 0.25) is 0 Å². The van der Waals surface area contributed by atoms with Crippen molar-refractivity contribution < 1.29 is 9.26 Å². The van der Waals surface area contributed by atoms with Crippen molar-refractivity contribution in [1.29, 1.82) is 0 Å². The Morgan fingerprint density at radius 3 is 2.60 bits per heavy atom. The van der Waals surface area contributed by atoms with Crippen molar-refractivity contribution in [2.24, 2.45) is 0 Å². The van der Waals surface area contributed by atoms with Crippen LogP contribution in [-0.2, 0) is 6.61 Å². The van der Waals surface area contributed by atoms with E-state index in [1.165, 1.54) is 16.5 Å². The van der Waals surface area contributed by atoms with E-state index in [0.717, 1.165) is 37.5 Å². The van der Waals surface area contributed by atoms with Crippen LogP contribution < -0.4 is 9.64 Å². The molecule has 0 radical (unpaired) electrons. The highest BCUT2D eigenvalue weighted by atomic mass is 16.5. The van der Waals surface area contributed by atoms with Crippen molar-refractivity contribution in [3.05, 3.63) is 72.6 Å². The smallest absolute Gasteiger partial charge is 0.264 e. The molecular formula is C24H24N4O2. The standard InChI is InChI=1S/C24H24N4O2/c1-27-12-14-28(15-13-27)22-9-5-8-18-10-11-20(16-21(18)22)29-17-23-25-24(26-30-23)19-6-3-2-4-7-19/h2-11,16H,12-15,17H2,1H3. The fraction of sp³-hybridized carbons (Fsp3) is 0.250. The first-order chi connectivity index (χ1) is 14.8. The molecule has 0 spiro atoms. The average Bonchev–Trinajstić information content (AvgIpc) is 3.28. The van der Waals surface area contributed by atoms with Gasteiger partial charge in [0.05, 0.1) is 0 Å². The molecule has 0 saturated carbocycles. The SMILES string of the molecule is CN1CCN(c2cccc3ccc(OCc4nc(-c5ccccc5)no4)cc23)CC1. The van der Waals surface area contributed by atoms with Crippen molar-refractivity contribution >= 4 is 16.5 Å². The molecule has 5 rings (SSSR count). The Hall–Kier alpha value is -3.38. The van der Waals surface area contributed by atoms with Crippen LogP contribution in [0.5, 0.6) is 5.75 Å². The summed E-state index contributed by atoms with van der Waals surface area (Å²) in [6.45, 7) is 4.46. The molecule has 0 atom stereocenters. The monoisotopic (exact) mass is 400 g/mol. The Kier molecular flexibility index (Phi) is 5.07. The van der Waals surface area contributed by atoms with Crippen LogP contribution in [0.4, 0.5) is 5.69 Å². The zero-order valence-electron chi connectivity index (χ0n) is 17.0. The number of likely N-dealkylation sites (N-methyl/N-ethyl adjacent to an activating group) is 1. The lowest BCUT2D eigenvalue weighted by molar-refractivity contribution is 0.243. The van der Waals surface area contributed by atoms with Crippen molar-refractivity contribution in [1.82, 2.24) is 15.0 Å². The Labute approximate surface area is 175 Å². The molecule has 6 heteroatoms. The molecule has 0 amide bonds. The zero-order valence-corrected chi connectivity index (χ0v) is 17.0. The highest BCUT2D eigenvalue weighted by Crippen LogP contribution is 2.31. The van der Waals surface area contributed by atoms with E-state index in [1.807, 2.05) is 36.4 Å². The van der Waals surface area contributed by atoms with Crippen molar-refractivity contribution in [3.63, 3.8) is 0 Å². The highest BCUT2D eigenvalue weighted by molar-refractivity contribution is 5.95. The minimum atomic E-state index is 0.238. The van der Waals surface area contributed by atoms with Crippen molar-refractivity contribution in [2.75, 3.05) is 38.1 Å². The molecule has 1 fully saturated rings. The fourth-order valence-electron chi connectivity index (χ4n) is 3.81. The summed E-state index contributed by atoms with van der Waals surface area (Å²) in [5.41, 5.74) is 2.19. The lowest BCUT2D eigenvalue weighted by Gasteiger charge is -2.34. The van der Waals surface area contributed by atoms with Gasteiger partial charge in [-0.2, -0.15) is 4.98 Å². The molecule has 3 aromatic carbocycles. The molecule has 0 unspecified atom stereocenters. The van der Waals surface area contributed by atoms with E-state index in [0.29, 0.717) is 11.7 Å². The maximum Gasteiger partial charge on any atom is 0.264 e. The zero-order chi connectivity index (χ0) is 20.3. The van der Waals surface area contributed by atoms with Crippen LogP contribution in [0.1, 0.15) is 5.89 Å². The maximum absolute atomic E-state index is 5.99. The lowest BCUT2D eigenvalue weighted by atomic mass is 10.1. The predicted octanol–water partition coefficient (Wildman–Crippen LogP) is 4.22. The molecular weight excluding hydrogens is 376 g/mol. The lowest BCUT2D eigenvalue weighted by Crippen LogP contribution is -2.44. The van der Waals surface area contributed by atoms with Crippen molar-refractivity contribution in [2.45, 2.75) is 6.61 Å². The summed E-state index contributed by atoms with van der Waals surface area (Å²) in [6.07, 6.45) is 0. The van der Waals surface area contributed by atoms with Gasteiger partial charge in [-0.3, -0.25) is 0 Å². The van der Waals surface area contributed by atoms with Crippen LogP contribution in [0.25, 0.3) is 22.2 Å². The van der Waals surface area contributed by atoms with Crippen LogP contribution in [0.3, 0.4) is 0 Å². The van der Waals surface area contributed by atoms with Gasteiger partial charge in [-0.25, -0.2) is 0 Å². The molecule has 0 N–H and O–H groups in total. The molecule has 1 aliphatic rings. The highest BCUT2D eigenvalue weighted by Gasteiger charge is 2.16. The van der Waals surface area contributed by atoms with E-state index in [9.17, 15) is 0 Å². The molecule has 2 heterocycles.